The van der Waals surface area contributed by atoms with Crippen molar-refractivity contribution in [2.24, 2.45) is 0 Å². The molecule has 0 aliphatic heterocycles. The third-order valence-corrected chi connectivity index (χ3v) is 4.25. The van der Waals surface area contributed by atoms with Crippen LogP contribution in [0, 0.1) is 11.6 Å². The van der Waals surface area contributed by atoms with Gasteiger partial charge in [-0.25, -0.2) is 13.8 Å². The Morgan fingerprint density at radius 3 is 2.36 bits per heavy atom. The second-order valence-corrected chi connectivity index (χ2v) is 6.36. The van der Waals surface area contributed by atoms with Gasteiger partial charge in [-0.2, -0.15) is 0 Å². The summed E-state index contributed by atoms with van der Waals surface area (Å²) in [5.41, 5.74) is 2.21. The first kappa shape index (κ1) is 19.7. The Morgan fingerprint density at radius 1 is 1.07 bits per heavy atom. The van der Waals surface area contributed by atoms with Gasteiger partial charge in [0.05, 0.1) is 12.2 Å². The minimum atomic E-state index is -0.320. The highest BCUT2D eigenvalue weighted by Gasteiger charge is 2.13. The van der Waals surface area contributed by atoms with Crippen molar-refractivity contribution in [1.82, 2.24) is 15.2 Å². The van der Waals surface area contributed by atoms with Crippen molar-refractivity contribution in [2.75, 3.05) is 13.1 Å². The first-order chi connectivity index (χ1) is 13.5. The van der Waals surface area contributed by atoms with Gasteiger partial charge in [0.25, 0.3) is 0 Å². The maximum absolute atomic E-state index is 13.0. The van der Waals surface area contributed by atoms with Crippen LogP contribution in [0.5, 0.6) is 0 Å². The quantitative estimate of drug-likeness (QED) is 0.642. The maximum atomic E-state index is 13.0. The van der Waals surface area contributed by atoms with Gasteiger partial charge < -0.3 is 9.73 Å². The number of aromatic nitrogens is 1. The molecule has 2 aromatic carbocycles. The zero-order chi connectivity index (χ0) is 19.9. The summed E-state index contributed by atoms with van der Waals surface area (Å²) >= 11 is 0. The first-order valence-corrected chi connectivity index (χ1v) is 8.97. The predicted molar refractivity (Wildman–Crippen MR) is 101 cm³/mol. The van der Waals surface area contributed by atoms with Gasteiger partial charge >= 0.3 is 0 Å². The molecule has 1 amide bonds. The Bertz CT molecular complexity index is 908. The van der Waals surface area contributed by atoms with Crippen molar-refractivity contribution in [3.8, 4) is 11.5 Å². The highest BCUT2D eigenvalue weighted by Crippen LogP contribution is 2.19. The van der Waals surface area contributed by atoms with Gasteiger partial charge in [-0.1, -0.05) is 19.1 Å². The molecule has 5 nitrogen and oxygen atoms in total. The number of hydrogen-bond donors (Lipinski definition) is 1. The molecule has 0 aliphatic carbocycles. The molecule has 0 bridgehead atoms. The molecular formula is C21H21F2N3O2. The number of nitrogens with one attached hydrogen (secondary N) is 1. The van der Waals surface area contributed by atoms with Crippen LogP contribution in [-0.4, -0.2) is 28.9 Å². The number of carbonyl (C=O) groups is 1. The van der Waals surface area contributed by atoms with Gasteiger partial charge in [0, 0.05) is 18.7 Å². The van der Waals surface area contributed by atoms with Gasteiger partial charge in [-0.15, -0.1) is 0 Å². The van der Waals surface area contributed by atoms with Crippen LogP contribution in [0.2, 0.25) is 0 Å². The van der Waals surface area contributed by atoms with Gasteiger partial charge in [0.1, 0.15) is 17.9 Å². The van der Waals surface area contributed by atoms with Gasteiger partial charge in [-0.3, -0.25) is 9.69 Å². The average Bonchev–Trinajstić information content (AvgIpc) is 3.16. The molecule has 1 aromatic heterocycles. The lowest BCUT2D eigenvalue weighted by molar-refractivity contribution is -0.122. The van der Waals surface area contributed by atoms with E-state index in [-0.39, 0.29) is 24.1 Å². The van der Waals surface area contributed by atoms with E-state index in [2.05, 4.69) is 10.3 Å². The van der Waals surface area contributed by atoms with Crippen LogP contribution in [-0.2, 0) is 17.9 Å². The smallest absolute Gasteiger partial charge is 0.234 e. The SMILES string of the molecule is CCN(CC(=O)NCc1ccc(F)cc1)Cc1coc(-c2ccc(F)cc2)n1. The number of nitrogens with zero attached hydrogens (tertiary/aromatic N) is 2. The fourth-order valence-electron chi connectivity index (χ4n) is 2.68. The molecule has 1 N–H and O–H groups in total. The molecule has 28 heavy (non-hydrogen) atoms. The predicted octanol–water partition coefficient (Wildman–Crippen LogP) is 3.76. The highest BCUT2D eigenvalue weighted by molar-refractivity contribution is 5.78. The summed E-state index contributed by atoms with van der Waals surface area (Å²) in [6.07, 6.45) is 1.54. The number of benzene rings is 2. The first-order valence-electron chi connectivity index (χ1n) is 8.97. The van der Waals surface area contributed by atoms with E-state index in [9.17, 15) is 13.6 Å². The zero-order valence-corrected chi connectivity index (χ0v) is 15.5. The summed E-state index contributed by atoms with van der Waals surface area (Å²) in [7, 11) is 0. The second-order valence-electron chi connectivity index (χ2n) is 6.36. The number of amides is 1. The fraction of sp³-hybridized carbons (Fsp3) is 0.238. The normalized spacial score (nSPS) is 11.0. The Morgan fingerprint density at radius 2 is 1.71 bits per heavy atom. The number of hydrogen-bond acceptors (Lipinski definition) is 4. The van der Waals surface area contributed by atoms with Crippen LogP contribution >= 0.6 is 0 Å². The number of carbonyl (C=O) groups excluding carboxylic acids is 1. The lowest BCUT2D eigenvalue weighted by Gasteiger charge is -2.18. The van der Waals surface area contributed by atoms with Crippen LogP contribution in [0.4, 0.5) is 8.78 Å². The minimum absolute atomic E-state index is 0.131. The molecule has 146 valence electrons. The van der Waals surface area contributed by atoms with E-state index in [1.165, 1.54) is 30.5 Å². The van der Waals surface area contributed by atoms with Crippen LogP contribution in [0.15, 0.2) is 59.2 Å². The molecule has 0 spiro atoms. The third kappa shape index (κ3) is 5.47. The van der Waals surface area contributed by atoms with E-state index in [0.29, 0.717) is 36.8 Å². The molecule has 0 saturated heterocycles. The van der Waals surface area contributed by atoms with E-state index >= 15 is 0 Å². The molecule has 0 aliphatic rings. The zero-order valence-electron chi connectivity index (χ0n) is 15.5. The van der Waals surface area contributed by atoms with Crippen LogP contribution < -0.4 is 5.32 Å². The standard InChI is InChI=1S/C21H21F2N3O2/c1-2-26(13-20(27)24-11-15-3-7-17(22)8-4-15)12-19-14-28-21(25-19)16-5-9-18(23)10-6-16/h3-10,14H,2,11-13H2,1H3,(H,24,27). The molecule has 0 radical (unpaired) electrons. The van der Waals surface area contributed by atoms with E-state index in [1.54, 1.807) is 24.3 Å². The summed E-state index contributed by atoms with van der Waals surface area (Å²) in [5, 5.41) is 2.82. The van der Waals surface area contributed by atoms with Gasteiger partial charge in [0.2, 0.25) is 11.8 Å². The fourth-order valence-corrected chi connectivity index (χ4v) is 2.68. The molecule has 0 fully saturated rings. The van der Waals surface area contributed by atoms with Gasteiger partial charge in [-0.05, 0) is 48.5 Å². The molecule has 1 heterocycles. The highest BCUT2D eigenvalue weighted by atomic mass is 19.1. The van der Waals surface area contributed by atoms with E-state index < -0.39 is 0 Å². The molecule has 7 heteroatoms. The summed E-state index contributed by atoms with van der Waals surface area (Å²) in [5.74, 6) is -0.348. The van der Waals surface area contributed by atoms with Crippen molar-refractivity contribution in [3.63, 3.8) is 0 Å². The van der Waals surface area contributed by atoms with Crippen molar-refractivity contribution < 1.29 is 18.0 Å². The number of rotatable bonds is 8. The van der Waals surface area contributed by atoms with E-state index in [1.807, 2.05) is 11.8 Å². The summed E-state index contributed by atoms with van der Waals surface area (Å²) in [4.78, 5) is 18.5. The topological polar surface area (TPSA) is 58.4 Å². The maximum Gasteiger partial charge on any atom is 0.234 e. The Balaban J connectivity index is 1.53. The van der Waals surface area contributed by atoms with E-state index in [4.69, 9.17) is 4.42 Å². The summed E-state index contributed by atoms with van der Waals surface area (Å²) in [6.45, 7) is 3.61. The molecule has 0 unspecified atom stereocenters. The van der Waals surface area contributed by atoms with Crippen molar-refractivity contribution in [2.45, 2.75) is 20.0 Å². The van der Waals surface area contributed by atoms with Crippen molar-refractivity contribution in [3.05, 3.63) is 77.7 Å². The van der Waals surface area contributed by atoms with Crippen LogP contribution in [0.3, 0.4) is 0 Å². The van der Waals surface area contributed by atoms with Gasteiger partial charge in [0.15, 0.2) is 0 Å². The van der Waals surface area contributed by atoms with Crippen molar-refractivity contribution >= 4 is 5.91 Å². The molecule has 0 saturated carbocycles. The molecule has 0 atom stereocenters. The Hall–Kier alpha value is -3.06. The number of oxazole rings is 1. The van der Waals surface area contributed by atoms with E-state index in [0.717, 1.165) is 5.56 Å². The lowest BCUT2D eigenvalue weighted by Crippen LogP contribution is -2.36. The molecule has 3 aromatic rings. The van der Waals surface area contributed by atoms with Crippen LogP contribution in [0.25, 0.3) is 11.5 Å². The minimum Gasteiger partial charge on any atom is -0.444 e. The number of halogens is 2. The monoisotopic (exact) mass is 385 g/mol. The summed E-state index contributed by atoms with van der Waals surface area (Å²) < 4.78 is 31.4. The summed E-state index contributed by atoms with van der Waals surface area (Å²) in [6, 6.07) is 11.9. The molecular weight excluding hydrogens is 364 g/mol. The number of likely N-dealkylation sites (N-methyl/N-ethyl adjacent to an activating group) is 1. The lowest BCUT2D eigenvalue weighted by atomic mass is 10.2. The molecule has 3 rings (SSSR count). The Kier molecular flexibility index (Phi) is 6.49. The third-order valence-electron chi connectivity index (χ3n) is 4.25. The van der Waals surface area contributed by atoms with Crippen molar-refractivity contribution in [1.29, 1.82) is 0 Å². The second kappa shape index (κ2) is 9.23. The largest absolute Gasteiger partial charge is 0.444 e. The average molecular weight is 385 g/mol. The van der Waals surface area contributed by atoms with Crippen LogP contribution in [0.1, 0.15) is 18.2 Å². The Labute approximate surface area is 162 Å².